The van der Waals surface area contributed by atoms with Gasteiger partial charge in [-0.2, -0.15) is 0 Å². The quantitative estimate of drug-likeness (QED) is 0.391. The maximum Gasteiger partial charge on any atom is 0.302 e. The van der Waals surface area contributed by atoms with Crippen molar-refractivity contribution in [2.75, 3.05) is 0 Å². The Labute approximate surface area is 236 Å². The normalized spacial score (nSPS) is 49.1. The Morgan fingerprint density at radius 2 is 1.67 bits per heavy atom. The zero-order chi connectivity index (χ0) is 28.8. The lowest BCUT2D eigenvalue weighted by atomic mass is 9.33. The summed E-state index contributed by atoms with van der Waals surface area (Å²) >= 11 is 0. The van der Waals surface area contributed by atoms with Crippen LogP contribution in [0.2, 0.25) is 0 Å². The third-order valence-electron chi connectivity index (χ3n) is 13.3. The van der Waals surface area contributed by atoms with Crippen molar-refractivity contribution in [2.45, 2.75) is 132 Å². The molecular weight excluding hydrogens is 486 g/mol. The molecule has 0 aliphatic heterocycles. The molecule has 0 saturated heterocycles. The van der Waals surface area contributed by atoms with Gasteiger partial charge in [-0.1, -0.05) is 53.0 Å². The van der Waals surface area contributed by atoms with Crippen LogP contribution in [0.25, 0.3) is 0 Å². The first-order valence-corrected chi connectivity index (χ1v) is 15.8. The number of rotatable bonds is 3. The maximum atomic E-state index is 14.5. The molecule has 1 N–H and O–H groups in total. The Morgan fingerprint density at radius 3 is 2.31 bits per heavy atom. The van der Waals surface area contributed by atoms with E-state index in [1.165, 1.54) is 38.2 Å². The highest BCUT2D eigenvalue weighted by molar-refractivity contribution is 5.96. The molecule has 5 nitrogen and oxygen atoms in total. The van der Waals surface area contributed by atoms with Crippen molar-refractivity contribution >= 4 is 17.7 Å². The van der Waals surface area contributed by atoms with Crippen LogP contribution in [-0.4, -0.2) is 29.8 Å². The molecule has 218 valence electrons. The second-order valence-electron chi connectivity index (χ2n) is 15.8. The minimum absolute atomic E-state index is 0.0101. The van der Waals surface area contributed by atoms with Crippen LogP contribution in [0, 0.1) is 50.7 Å². The summed E-state index contributed by atoms with van der Waals surface area (Å²) in [6.07, 6.45) is 11.0. The van der Waals surface area contributed by atoms with Gasteiger partial charge in [-0.15, -0.1) is 0 Å². The van der Waals surface area contributed by atoms with Gasteiger partial charge in [0, 0.05) is 18.9 Å². The van der Waals surface area contributed by atoms with Crippen LogP contribution in [0.4, 0.5) is 0 Å². The average Bonchev–Trinajstić information content (AvgIpc) is 2.81. The predicted octanol–water partition coefficient (Wildman–Crippen LogP) is 7.03. The molecule has 39 heavy (non-hydrogen) atoms. The van der Waals surface area contributed by atoms with Crippen LogP contribution in [-0.2, 0) is 19.1 Å². The van der Waals surface area contributed by atoms with Crippen LogP contribution in [0.1, 0.15) is 120 Å². The van der Waals surface area contributed by atoms with E-state index in [0.717, 1.165) is 25.7 Å². The summed E-state index contributed by atoms with van der Waals surface area (Å²) in [6.45, 7) is 19.5. The number of esters is 1. The van der Waals surface area contributed by atoms with Crippen molar-refractivity contribution in [2.24, 2.45) is 50.7 Å². The monoisotopic (exact) mass is 539 g/mol. The van der Waals surface area contributed by atoms with Gasteiger partial charge in [-0.25, -0.2) is 0 Å². The van der Waals surface area contributed by atoms with Crippen molar-refractivity contribution in [1.82, 2.24) is 5.32 Å². The van der Waals surface area contributed by atoms with Gasteiger partial charge in [0.2, 0.25) is 5.91 Å². The molecule has 1 amide bonds. The third-order valence-corrected chi connectivity index (χ3v) is 13.3. The van der Waals surface area contributed by atoms with E-state index in [4.69, 9.17) is 4.74 Å². The smallest absolute Gasteiger partial charge is 0.302 e. The highest BCUT2D eigenvalue weighted by Crippen LogP contribution is 2.75. The molecule has 0 aromatic carbocycles. The fourth-order valence-corrected chi connectivity index (χ4v) is 11.4. The van der Waals surface area contributed by atoms with Crippen LogP contribution in [0.5, 0.6) is 0 Å². The number of nitrogens with one attached hydrogen (secondary N) is 1. The van der Waals surface area contributed by atoms with E-state index in [1.807, 2.05) is 20.8 Å². The molecule has 4 fully saturated rings. The predicted molar refractivity (Wildman–Crippen MR) is 154 cm³/mol. The Hall–Kier alpha value is -1.65. The minimum atomic E-state index is -0.877. The van der Waals surface area contributed by atoms with Gasteiger partial charge in [0.15, 0.2) is 5.78 Å². The van der Waals surface area contributed by atoms with Crippen molar-refractivity contribution < 1.29 is 19.1 Å². The fraction of sp³-hybridized carbons (Fsp3) is 0.853. The van der Waals surface area contributed by atoms with Gasteiger partial charge in [-0.05, 0) is 111 Å². The number of fused-ring (bicyclic) bond motifs is 7. The zero-order valence-corrected chi connectivity index (χ0v) is 26.0. The fourth-order valence-electron chi connectivity index (χ4n) is 11.4. The highest BCUT2D eigenvalue weighted by Gasteiger charge is 2.72. The number of ether oxygens (including phenoxy) is 1. The molecule has 0 spiro atoms. The molecule has 3 unspecified atom stereocenters. The molecule has 5 aliphatic rings. The first-order valence-electron chi connectivity index (χ1n) is 15.8. The Bertz CT molecular complexity index is 1090. The number of allylic oxidation sites excluding steroid dienone is 2. The first kappa shape index (κ1) is 28.9. The number of ketones is 1. The summed E-state index contributed by atoms with van der Waals surface area (Å²) in [5, 5.41) is 3.17. The Kier molecular flexibility index (Phi) is 6.79. The van der Waals surface area contributed by atoms with Gasteiger partial charge < -0.3 is 10.1 Å². The minimum Gasteiger partial charge on any atom is -0.461 e. The summed E-state index contributed by atoms with van der Waals surface area (Å²) in [6, 6.07) is -0.0101. The van der Waals surface area contributed by atoms with Gasteiger partial charge in [0.1, 0.15) is 6.10 Å². The Morgan fingerprint density at radius 1 is 0.974 bits per heavy atom. The molecule has 5 rings (SSSR count). The standard InChI is InChI=1S/C34H53NO4/c1-20(2)35-29(38)34(9)25-12-16-33(8)28(31(25,6)15-13-26(34)39-22(4)36)24(37)19-23-27-21(3)11-10-14-30(27,5)17-18-32(23,33)7/h19-21,25-28H,10-18H2,1-9H3,(H,35,38)/t21-,25?,26+,27?,28?,30+,31-,32+,33+,34+/m0/s1. The summed E-state index contributed by atoms with van der Waals surface area (Å²) in [5.74, 6) is 0.828. The number of amides is 1. The number of hydrogen-bond donors (Lipinski definition) is 1. The number of carbonyl (C=O) groups is 3. The van der Waals surface area contributed by atoms with Crippen LogP contribution < -0.4 is 5.32 Å². The molecule has 0 radical (unpaired) electrons. The van der Waals surface area contributed by atoms with Crippen molar-refractivity contribution in [3.05, 3.63) is 11.6 Å². The molecule has 0 bridgehead atoms. The highest BCUT2D eigenvalue weighted by atomic mass is 16.5. The molecule has 5 aliphatic carbocycles. The second kappa shape index (κ2) is 9.18. The van der Waals surface area contributed by atoms with Crippen molar-refractivity contribution in [3.8, 4) is 0 Å². The summed E-state index contributed by atoms with van der Waals surface area (Å²) in [4.78, 5) is 40.7. The number of hydrogen-bond acceptors (Lipinski definition) is 4. The average molecular weight is 540 g/mol. The van der Waals surface area contributed by atoms with Crippen molar-refractivity contribution in [3.63, 3.8) is 0 Å². The lowest BCUT2D eigenvalue weighted by Crippen LogP contribution is -2.69. The largest absolute Gasteiger partial charge is 0.461 e. The molecule has 0 heterocycles. The summed E-state index contributed by atoms with van der Waals surface area (Å²) in [5.41, 5.74) is 0.360. The van der Waals surface area contributed by atoms with E-state index in [0.29, 0.717) is 23.7 Å². The molecule has 0 aromatic heterocycles. The van der Waals surface area contributed by atoms with Crippen LogP contribution in [0.15, 0.2) is 11.6 Å². The molecule has 0 aromatic rings. The van der Waals surface area contributed by atoms with Crippen LogP contribution in [0.3, 0.4) is 0 Å². The van der Waals surface area contributed by atoms with Crippen LogP contribution >= 0.6 is 0 Å². The topological polar surface area (TPSA) is 72.5 Å². The summed E-state index contributed by atoms with van der Waals surface area (Å²) in [7, 11) is 0. The lowest BCUT2D eigenvalue weighted by Gasteiger charge is -2.70. The Balaban J connectivity index is 1.61. The van der Waals surface area contributed by atoms with Gasteiger partial charge >= 0.3 is 5.97 Å². The van der Waals surface area contributed by atoms with E-state index < -0.39 is 11.5 Å². The molecule has 4 saturated carbocycles. The van der Waals surface area contributed by atoms with E-state index >= 15 is 0 Å². The van der Waals surface area contributed by atoms with E-state index in [1.54, 1.807) is 0 Å². The SMILES string of the molecule is CC(=O)O[C@@H]1CC[C@@]2(C)C(CC[C@]3(C)C2C(=O)C=C2C4[C@@H](C)CCC[C@]4(C)CC[C@]23C)[C@@]1(C)C(=O)NC(C)C. The first-order chi connectivity index (χ1) is 18.0. The maximum absolute atomic E-state index is 14.5. The van der Waals surface area contributed by atoms with E-state index in [-0.39, 0.29) is 51.8 Å². The van der Waals surface area contributed by atoms with Crippen molar-refractivity contribution in [1.29, 1.82) is 0 Å². The molecular formula is C34H53NO4. The van der Waals surface area contributed by atoms with E-state index in [9.17, 15) is 14.4 Å². The molecule has 5 heteroatoms. The lowest BCUT2D eigenvalue weighted by molar-refractivity contribution is -0.214. The number of carbonyl (C=O) groups excluding carboxylic acids is 3. The zero-order valence-electron chi connectivity index (χ0n) is 26.0. The van der Waals surface area contributed by atoms with Gasteiger partial charge in [-0.3, -0.25) is 14.4 Å². The van der Waals surface area contributed by atoms with Gasteiger partial charge in [0.25, 0.3) is 0 Å². The molecule has 10 atom stereocenters. The van der Waals surface area contributed by atoms with E-state index in [2.05, 4.69) is 46.0 Å². The van der Waals surface area contributed by atoms with Gasteiger partial charge in [0.05, 0.1) is 5.41 Å². The summed E-state index contributed by atoms with van der Waals surface area (Å²) < 4.78 is 5.88. The second-order valence-corrected chi connectivity index (χ2v) is 15.8. The third kappa shape index (κ3) is 3.86.